The van der Waals surface area contributed by atoms with E-state index in [1.807, 2.05) is 6.07 Å². The molecule has 1 aromatic rings. The summed E-state index contributed by atoms with van der Waals surface area (Å²) in [5, 5.41) is 3.42. The van der Waals surface area contributed by atoms with Gasteiger partial charge in [-0.1, -0.05) is 12.5 Å². The van der Waals surface area contributed by atoms with Gasteiger partial charge in [0.15, 0.2) is 0 Å². The molecule has 0 radical (unpaired) electrons. The molecule has 5 nitrogen and oxygen atoms in total. The number of esters is 1. The topological polar surface area (TPSA) is 56.8 Å². The zero-order valence-electron chi connectivity index (χ0n) is 12.5. The molecular weight excluding hydrogens is 270 g/mol. The van der Waals surface area contributed by atoms with Gasteiger partial charge in [0.25, 0.3) is 0 Å². The Balaban J connectivity index is 1.76. The van der Waals surface area contributed by atoms with Crippen LogP contribution in [0.3, 0.4) is 0 Å². The number of fused-ring (bicyclic) bond motifs is 1. The molecule has 21 heavy (non-hydrogen) atoms. The first-order valence-corrected chi connectivity index (χ1v) is 7.47. The van der Waals surface area contributed by atoms with Crippen molar-refractivity contribution in [3.63, 3.8) is 0 Å². The van der Waals surface area contributed by atoms with E-state index in [2.05, 4.69) is 5.32 Å². The fraction of sp³-hybridized carbons (Fsp3) is 0.562. The Bertz CT molecular complexity index is 535. The molecule has 3 rings (SSSR count). The fourth-order valence-electron chi connectivity index (χ4n) is 2.73. The van der Waals surface area contributed by atoms with E-state index < -0.39 is 11.8 Å². The Morgan fingerprint density at radius 3 is 2.95 bits per heavy atom. The van der Waals surface area contributed by atoms with Crippen LogP contribution in [0.25, 0.3) is 0 Å². The minimum atomic E-state index is -0.937. The zero-order valence-corrected chi connectivity index (χ0v) is 12.5. The van der Waals surface area contributed by atoms with Crippen molar-refractivity contribution in [2.75, 3.05) is 13.2 Å². The second-order valence-corrected chi connectivity index (χ2v) is 5.98. The molecule has 0 aliphatic carbocycles. The summed E-state index contributed by atoms with van der Waals surface area (Å²) in [5.41, 5.74) is 0.382. The molecule has 1 fully saturated rings. The lowest BCUT2D eigenvalue weighted by molar-refractivity contribution is -0.127. The quantitative estimate of drug-likeness (QED) is 0.867. The minimum Gasteiger partial charge on any atom is -0.491 e. The lowest BCUT2D eigenvalue weighted by Gasteiger charge is -2.32. The lowest BCUT2D eigenvalue weighted by atomic mass is 10.1. The van der Waals surface area contributed by atoms with Gasteiger partial charge in [0.2, 0.25) is 5.79 Å². The van der Waals surface area contributed by atoms with Gasteiger partial charge >= 0.3 is 5.97 Å². The highest BCUT2D eigenvalue weighted by Gasteiger charge is 2.36. The van der Waals surface area contributed by atoms with Crippen molar-refractivity contribution in [2.24, 2.45) is 0 Å². The molecule has 1 saturated heterocycles. The maximum Gasteiger partial charge on any atom is 0.349 e. The Morgan fingerprint density at radius 2 is 2.19 bits per heavy atom. The second-order valence-electron chi connectivity index (χ2n) is 5.98. The van der Waals surface area contributed by atoms with Crippen molar-refractivity contribution in [1.29, 1.82) is 0 Å². The van der Waals surface area contributed by atoms with Gasteiger partial charge in [-0.25, -0.2) is 4.79 Å². The monoisotopic (exact) mass is 291 g/mol. The van der Waals surface area contributed by atoms with Crippen LogP contribution in [0, 0.1) is 0 Å². The third-order valence-electron chi connectivity index (χ3n) is 3.74. The summed E-state index contributed by atoms with van der Waals surface area (Å²) in [5.74, 6) is -0.285. The predicted molar refractivity (Wildman–Crippen MR) is 77.7 cm³/mol. The number of nitrogens with one attached hydrogen (secondary N) is 1. The van der Waals surface area contributed by atoms with Crippen LogP contribution in [-0.2, 0) is 4.74 Å². The summed E-state index contributed by atoms with van der Waals surface area (Å²) in [7, 11) is 0. The predicted octanol–water partition coefficient (Wildman–Crippen LogP) is 2.49. The summed E-state index contributed by atoms with van der Waals surface area (Å²) >= 11 is 0. The van der Waals surface area contributed by atoms with Crippen LogP contribution in [0.1, 0.15) is 43.5 Å². The highest BCUT2D eigenvalue weighted by molar-refractivity contribution is 5.96. The normalized spacial score (nSPS) is 23.7. The van der Waals surface area contributed by atoms with Crippen molar-refractivity contribution in [3.05, 3.63) is 23.8 Å². The smallest absolute Gasteiger partial charge is 0.349 e. The average molecular weight is 291 g/mol. The number of carbonyl (C=O) groups is 1. The van der Waals surface area contributed by atoms with Crippen LogP contribution >= 0.6 is 0 Å². The number of carbonyl (C=O) groups excluding carboxylic acids is 1. The Hall–Kier alpha value is -1.75. The Labute approximate surface area is 124 Å². The molecule has 2 heterocycles. The van der Waals surface area contributed by atoms with Gasteiger partial charge in [0, 0.05) is 19.9 Å². The van der Waals surface area contributed by atoms with Crippen LogP contribution < -0.4 is 14.8 Å². The van der Waals surface area contributed by atoms with Crippen molar-refractivity contribution >= 4 is 5.97 Å². The number of benzene rings is 1. The molecule has 1 N–H and O–H groups in total. The number of piperidine rings is 1. The number of hydrogen-bond donors (Lipinski definition) is 1. The van der Waals surface area contributed by atoms with E-state index in [4.69, 9.17) is 14.2 Å². The van der Waals surface area contributed by atoms with Gasteiger partial charge in [-0.15, -0.1) is 0 Å². The fourth-order valence-corrected chi connectivity index (χ4v) is 2.73. The van der Waals surface area contributed by atoms with Gasteiger partial charge in [-0.2, -0.15) is 0 Å². The standard InChI is InChI=1S/C16H21NO4/c1-16(2)20-13-8-5-7-12(14(13)15(18)21-16)19-10-11-6-3-4-9-17-11/h5,7-8,11,17H,3-4,6,9-10H2,1-2H3. The van der Waals surface area contributed by atoms with E-state index in [0.717, 1.165) is 13.0 Å². The number of ether oxygens (including phenoxy) is 3. The molecule has 0 bridgehead atoms. The molecule has 0 amide bonds. The maximum absolute atomic E-state index is 12.2. The highest BCUT2D eigenvalue weighted by Crippen LogP contribution is 2.36. The molecule has 2 aliphatic rings. The third-order valence-corrected chi connectivity index (χ3v) is 3.74. The highest BCUT2D eigenvalue weighted by atomic mass is 16.7. The molecule has 1 unspecified atom stereocenters. The molecule has 1 atom stereocenters. The molecule has 2 aliphatic heterocycles. The molecule has 0 saturated carbocycles. The molecule has 0 aromatic heterocycles. The van der Waals surface area contributed by atoms with Gasteiger partial charge in [-0.05, 0) is 31.5 Å². The first-order valence-electron chi connectivity index (χ1n) is 7.47. The Kier molecular flexibility index (Phi) is 3.76. The van der Waals surface area contributed by atoms with Crippen LogP contribution in [0.4, 0.5) is 0 Å². The van der Waals surface area contributed by atoms with E-state index in [-0.39, 0.29) is 0 Å². The van der Waals surface area contributed by atoms with E-state index >= 15 is 0 Å². The van der Waals surface area contributed by atoms with Crippen LogP contribution in [-0.4, -0.2) is 30.9 Å². The van der Waals surface area contributed by atoms with Gasteiger partial charge in [0.05, 0.1) is 0 Å². The minimum absolute atomic E-state index is 0.339. The van der Waals surface area contributed by atoms with E-state index in [1.165, 1.54) is 12.8 Å². The molecule has 5 heteroatoms. The van der Waals surface area contributed by atoms with Crippen LogP contribution in [0.5, 0.6) is 11.5 Å². The Morgan fingerprint density at radius 1 is 1.33 bits per heavy atom. The molecule has 1 aromatic carbocycles. The summed E-state index contributed by atoms with van der Waals surface area (Å²) in [6.07, 6.45) is 3.53. The van der Waals surface area contributed by atoms with Gasteiger partial charge in [-0.3, -0.25) is 0 Å². The summed E-state index contributed by atoms with van der Waals surface area (Å²) in [4.78, 5) is 12.2. The molecule has 0 spiro atoms. The van der Waals surface area contributed by atoms with Gasteiger partial charge < -0.3 is 19.5 Å². The number of rotatable bonds is 3. The van der Waals surface area contributed by atoms with Crippen molar-refractivity contribution in [2.45, 2.75) is 44.9 Å². The van der Waals surface area contributed by atoms with E-state index in [1.54, 1.807) is 26.0 Å². The third kappa shape index (κ3) is 3.13. The summed E-state index contributed by atoms with van der Waals surface area (Å²) < 4.78 is 16.8. The number of hydrogen-bond acceptors (Lipinski definition) is 5. The van der Waals surface area contributed by atoms with Crippen molar-refractivity contribution < 1.29 is 19.0 Å². The first-order chi connectivity index (χ1) is 10.1. The average Bonchev–Trinajstić information content (AvgIpc) is 2.44. The maximum atomic E-state index is 12.2. The van der Waals surface area contributed by atoms with Gasteiger partial charge in [0.1, 0.15) is 23.7 Å². The number of cyclic esters (lactones) is 1. The lowest BCUT2D eigenvalue weighted by Crippen LogP contribution is -2.40. The molecular formula is C16H21NO4. The largest absolute Gasteiger partial charge is 0.491 e. The SMILES string of the molecule is CC1(C)OC(=O)c2c(OCC3CCCCN3)cccc2O1. The second kappa shape index (κ2) is 5.56. The summed E-state index contributed by atoms with van der Waals surface area (Å²) in [6.45, 7) is 5.01. The van der Waals surface area contributed by atoms with E-state index in [0.29, 0.717) is 29.7 Å². The molecule has 114 valence electrons. The van der Waals surface area contributed by atoms with E-state index in [9.17, 15) is 4.79 Å². The zero-order chi connectivity index (χ0) is 14.9. The summed E-state index contributed by atoms with van der Waals surface area (Å²) in [6, 6.07) is 5.72. The van der Waals surface area contributed by atoms with Crippen molar-refractivity contribution in [1.82, 2.24) is 5.32 Å². The first kappa shape index (κ1) is 14.2. The van der Waals surface area contributed by atoms with Crippen LogP contribution in [0.15, 0.2) is 18.2 Å². The van der Waals surface area contributed by atoms with Crippen LogP contribution in [0.2, 0.25) is 0 Å². The van der Waals surface area contributed by atoms with Crippen molar-refractivity contribution in [3.8, 4) is 11.5 Å².